The largest absolute Gasteiger partial charge is 0.494 e. The molecule has 8 nitrogen and oxygen atoms in total. The van der Waals surface area contributed by atoms with Crippen molar-refractivity contribution in [3.63, 3.8) is 0 Å². The highest BCUT2D eigenvalue weighted by Gasteiger charge is 2.33. The Bertz CT molecular complexity index is 999. The summed E-state index contributed by atoms with van der Waals surface area (Å²) in [5.74, 6) is -1.86. The first-order valence-electron chi connectivity index (χ1n) is 8.51. The van der Waals surface area contributed by atoms with Crippen LogP contribution in [0, 0.1) is 11.6 Å². The van der Waals surface area contributed by atoms with Gasteiger partial charge in [0.2, 0.25) is 0 Å². The molecular weight excluding hydrogens is 372 g/mol. The predicted octanol–water partition coefficient (Wildman–Crippen LogP) is 2.50. The molecule has 0 radical (unpaired) electrons. The molecule has 0 amide bonds. The highest BCUT2D eigenvalue weighted by atomic mass is 19.1. The number of nitrogens with one attached hydrogen (secondary N) is 1. The number of hydrogen-bond acceptors (Lipinski definition) is 6. The molecule has 10 heteroatoms. The minimum atomic E-state index is -0.867. The molecule has 0 fully saturated rings. The molecule has 28 heavy (non-hydrogen) atoms. The van der Waals surface area contributed by atoms with Gasteiger partial charge >= 0.3 is 0 Å². The second-order valence-electron chi connectivity index (χ2n) is 6.43. The maximum atomic E-state index is 14.8. The quantitative estimate of drug-likeness (QED) is 0.709. The van der Waals surface area contributed by atoms with Gasteiger partial charge in [0.05, 0.1) is 44.4 Å². The summed E-state index contributed by atoms with van der Waals surface area (Å²) in [5, 5.41) is 11.4. The Kier molecular flexibility index (Phi) is 4.42. The molecule has 148 valence electrons. The summed E-state index contributed by atoms with van der Waals surface area (Å²) < 4.78 is 47.0. The minimum Gasteiger partial charge on any atom is -0.494 e. The fraction of sp³-hybridized carbons (Fsp3) is 0.333. The van der Waals surface area contributed by atoms with E-state index in [2.05, 4.69) is 15.3 Å². The van der Waals surface area contributed by atoms with Crippen LogP contribution in [0.2, 0.25) is 0 Å². The molecule has 1 atom stereocenters. The van der Waals surface area contributed by atoms with Gasteiger partial charge in [-0.25, -0.2) is 8.78 Å². The van der Waals surface area contributed by atoms with Gasteiger partial charge in [-0.15, -0.1) is 0 Å². The number of ether oxygens (including phenoxy) is 3. The molecular formula is C18H19F2N5O3. The number of nitrogens with two attached hydrogens (primary N) is 1. The zero-order chi connectivity index (χ0) is 20.0. The number of aromatic amines is 1. The van der Waals surface area contributed by atoms with Crippen molar-refractivity contribution in [1.82, 2.24) is 20.0 Å². The number of hydrogen-bond donors (Lipinski definition) is 2. The molecule has 2 aromatic heterocycles. The highest BCUT2D eigenvalue weighted by molar-refractivity contribution is 5.72. The van der Waals surface area contributed by atoms with E-state index in [1.54, 1.807) is 11.7 Å². The second-order valence-corrected chi connectivity index (χ2v) is 6.43. The molecule has 0 saturated heterocycles. The van der Waals surface area contributed by atoms with Crippen LogP contribution in [-0.2, 0) is 24.8 Å². The second kappa shape index (κ2) is 6.79. The Morgan fingerprint density at radius 1 is 1.25 bits per heavy atom. The van der Waals surface area contributed by atoms with E-state index in [0.717, 1.165) is 5.56 Å². The number of nitrogen functional groups attached to an aromatic ring is 1. The van der Waals surface area contributed by atoms with Gasteiger partial charge in [-0.2, -0.15) is 10.2 Å². The van der Waals surface area contributed by atoms with Gasteiger partial charge in [0.1, 0.15) is 11.4 Å². The summed E-state index contributed by atoms with van der Waals surface area (Å²) >= 11 is 0. The third kappa shape index (κ3) is 2.68. The molecule has 1 aromatic carbocycles. The van der Waals surface area contributed by atoms with Gasteiger partial charge in [-0.1, -0.05) is 0 Å². The fourth-order valence-corrected chi connectivity index (χ4v) is 3.47. The average Bonchev–Trinajstić information content (AvgIpc) is 3.24. The van der Waals surface area contributed by atoms with Crippen molar-refractivity contribution in [3.8, 4) is 22.9 Å². The smallest absolute Gasteiger partial charge is 0.174 e. The Morgan fingerprint density at radius 3 is 2.50 bits per heavy atom. The van der Waals surface area contributed by atoms with Crippen molar-refractivity contribution in [1.29, 1.82) is 0 Å². The molecule has 0 bridgehead atoms. The summed E-state index contributed by atoms with van der Waals surface area (Å²) in [5.41, 5.74) is 8.98. The molecule has 1 unspecified atom stereocenters. The monoisotopic (exact) mass is 391 g/mol. The lowest BCUT2D eigenvalue weighted by Gasteiger charge is -2.25. The van der Waals surface area contributed by atoms with Gasteiger partial charge in [0.25, 0.3) is 0 Å². The van der Waals surface area contributed by atoms with Crippen molar-refractivity contribution in [3.05, 3.63) is 40.7 Å². The van der Waals surface area contributed by atoms with Crippen molar-refractivity contribution < 1.29 is 23.0 Å². The molecule has 4 rings (SSSR count). The van der Waals surface area contributed by atoms with E-state index >= 15 is 0 Å². The lowest BCUT2D eigenvalue weighted by Crippen LogP contribution is -2.19. The number of nitrogens with zero attached hydrogens (tertiary/aromatic N) is 3. The topological polar surface area (TPSA) is 100 Å². The highest BCUT2D eigenvalue weighted by Crippen LogP contribution is 2.41. The van der Waals surface area contributed by atoms with Crippen LogP contribution in [0.25, 0.3) is 11.4 Å². The van der Waals surface area contributed by atoms with Crippen LogP contribution >= 0.6 is 0 Å². The Labute approximate surface area is 159 Å². The van der Waals surface area contributed by atoms with E-state index in [0.29, 0.717) is 22.8 Å². The van der Waals surface area contributed by atoms with Gasteiger partial charge in [-0.05, 0) is 0 Å². The standard InChI is InChI=1S/C18H19F2N5O3/c1-25-18(9(21)6-22-25)17-8-7-28-11(4-10(8)23-24-17)14-15(19)12(26-2)5-13(27-3)16(14)20/h5-6,11H,4,7,21H2,1-3H3,(H,23,24). The fourth-order valence-electron chi connectivity index (χ4n) is 3.47. The predicted molar refractivity (Wildman–Crippen MR) is 95.9 cm³/mol. The normalized spacial score (nSPS) is 16.1. The van der Waals surface area contributed by atoms with E-state index in [1.807, 2.05) is 0 Å². The van der Waals surface area contributed by atoms with Crippen molar-refractivity contribution in [2.24, 2.45) is 7.05 Å². The summed E-state index contributed by atoms with van der Waals surface area (Å²) in [6.07, 6.45) is 0.870. The van der Waals surface area contributed by atoms with Crippen molar-refractivity contribution in [2.45, 2.75) is 19.1 Å². The van der Waals surface area contributed by atoms with Crippen molar-refractivity contribution >= 4 is 5.69 Å². The minimum absolute atomic E-state index is 0.106. The Balaban J connectivity index is 1.74. The molecule has 3 heterocycles. The number of aryl methyl sites for hydroxylation is 1. The van der Waals surface area contributed by atoms with Gasteiger partial charge < -0.3 is 19.9 Å². The first kappa shape index (κ1) is 18.2. The third-order valence-corrected chi connectivity index (χ3v) is 4.89. The first-order valence-corrected chi connectivity index (χ1v) is 8.51. The SMILES string of the molecule is COc1cc(OC)c(F)c(C2Cc3[nH]nc(-c4c(N)cnn4C)c3CO2)c1F. The van der Waals surface area contributed by atoms with E-state index in [1.165, 1.54) is 26.5 Å². The van der Waals surface area contributed by atoms with Crippen LogP contribution in [0.3, 0.4) is 0 Å². The number of aromatic nitrogens is 4. The van der Waals surface area contributed by atoms with Crippen molar-refractivity contribution in [2.75, 3.05) is 20.0 Å². The van der Waals surface area contributed by atoms with Crippen LogP contribution in [0.4, 0.5) is 14.5 Å². The molecule has 3 N–H and O–H groups in total. The number of H-pyrrole nitrogens is 1. The summed E-state index contributed by atoms with van der Waals surface area (Å²) in [7, 11) is 4.37. The number of benzene rings is 1. The zero-order valence-corrected chi connectivity index (χ0v) is 15.5. The summed E-state index contributed by atoms with van der Waals surface area (Å²) in [4.78, 5) is 0. The molecule has 1 aliphatic rings. The van der Waals surface area contributed by atoms with Gasteiger partial charge in [0, 0.05) is 30.8 Å². The van der Waals surface area contributed by atoms with Gasteiger partial charge in [0.15, 0.2) is 23.1 Å². The van der Waals surface area contributed by atoms with Crippen LogP contribution in [-0.4, -0.2) is 34.2 Å². The van der Waals surface area contributed by atoms with E-state index in [9.17, 15) is 8.78 Å². The summed E-state index contributed by atoms with van der Waals surface area (Å²) in [6.45, 7) is 0.106. The molecule has 1 aliphatic heterocycles. The zero-order valence-electron chi connectivity index (χ0n) is 15.5. The van der Waals surface area contributed by atoms with E-state index in [4.69, 9.17) is 19.9 Å². The Morgan fingerprint density at radius 2 is 1.93 bits per heavy atom. The van der Waals surface area contributed by atoms with Crippen LogP contribution in [0.5, 0.6) is 11.5 Å². The lowest BCUT2D eigenvalue weighted by molar-refractivity contribution is 0.0219. The van der Waals surface area contributed by atoms with E-state index in [-0.39, 0.29) is 30.1 Å². The maximum Gasteiger partial charge on any atom is 0.174 e. The van der Waals surface area contributed by atoms with Crippen LogP contribution in [0.15, 0.2) is 12.3 Å². The maximum absolute atomic E-state index is 14.8. The van der Waals surface area contributed by atoms with Crippen LogP contribution < -0.4 is 15.2 Å². The van der Waals surface area contributed by atoms with E-state index < -0.39 is 17.7 Å². The van der Waals surface area contributed by atoms with Crippen LogP contribution in [0.1, 0.15) is 22.9 Å². The molecule has 3 aromatic rings. The lowest BCUT2D eigenvalue weighted by atomic mass is 9.97. The number of halogens is 2. The molecule has 0 aliphatic carbocycles. The Hall–Kier alpha value is -3.14. The third-order valence-electron chi connectivity index (χ3n) is 4.89. The molecule has 0 saturated carbocycles. The number of methoxy groups -OCH3 is 2. The number of anilines is 1. The average molecular weight is 391 g/mol. The molecule has 0 spiro atoms. The first-order chi connectivity index (χ1) is 13.5. The van der Waals surface area contributed by atoms with Gasteiger partial charge in [-0.3, -0.25) is 9.78 Å². The summed E-state index contributed by atoms with van der Waals surface area (Å²) in [6, 6.07) is 1.17. The number of fused-ring (bicyclic) bond motifs is 1. The number of rotatable bonds is 4.